The van der Waals surface area contributed by atoms with Crippen LogP contribution in [0.1, 0.15) is 18.9 Å². The Morgan fingerprint density at radius 3 is 2.73 bits per heavy atom. The van der Waals surface area contributed by atoms with Crippen molar-refractivity contribution in [2.24, 2.45) is 5.92 Å². The number of amides is 1. The van der Waals surface area contributed by atoms with Gasteiger partial charge in [0, 0.05) is 19.5 Å². The fourth-order valence-corrected chi connectivity index (χ4v) is 2.56. The lowest BCUT2D eigenvalue weighted by atomic mass is 10.1. The summed E-state index contributed by atoms with van der Waals surface area (Å²) >= 11 is 0. The molecule has 22 heavy (non-hydrogen) atoms. The summed E-state index contributed by atoms with van der Waals surface area (Å²) in [6.07, 6.45) is 0.209. The van der Waals surface area contributed by atoms with Gasteiger partial charge in [0.05, 0.1) is 26.7 Å². The first-order chi connectivity index (χ1) is 10.6. The van der Waals surface area contributed by atoms with Crippen LogP contribution in [0.15, 0.2) is 18.2 Å². The van der Waals surface area contributed by atoms with Crippen LogP contribution in [0.4, 0.5) is 0 Å². The number of hydrogen-bond acceptors (Lipinski definition) is 5. The van der Waals surface area contributed by atoms with Crippen molar-refractivity contribution in [2.45, 2.75) is 19.9 Å². The molecule has 6 heteroatoms. The number of benzene rings is 1. The molecule has 0 aliphatic carbocycles. The molecule has 0 radical (unpaired) electrons. The Morgan fingerprint density at radius 2 is 2.09 bits per heavy atom. The van der Waals surface area contributed by atoms with Crippen LogP contribution >= 0.6 is 0 Å². The van der Waals surface area contributed by atoms with Crippen LogP contribution in [0.3, 0.4) is 0 Å². The van der Waals surface area contributed by atoms with Crippen LogP contribution in [0.5, 0.6) is 11.5 Å². The van der Waals surface area contributed by atoms with Crippen molar-refractivity contribution >= 4 is 11.9 Å². The van der Waals surface area contributed by atoms with Gasteiger partial charge in [0.25, 0.3) is 0 Å². The maximum absolute atomic E-state index is 12.0. The van der Waals surface area contributed by atoms with Crippen LogP contribution in [-0.4, -0.2) is 44.1 Å². The van der Waals surface area contributed by atoms with Crippen LogP contribution in [-0.2, 0) is 20.9 Å². The average molecular weight is 307 g/mol. The van der Waals surface area contributed by atoms with Crippen molar-refractivity contribution in [3.8, 4) is 11.5 Å². The van der Waals surface area contributed by atoms with Crippen molar-refractivity contribution in [3.63, 3.8) is 0 Å². The second kappa shape index (κ2) is 7.15. The van der Waals surface area contributed by atoms with E-state index in [4.69, 9.17) is 14.2 Å². The summed E-state index contributed by atoms with van der Waals surface area (Å²) in [5.74, 6) is 0.566. The van der Waals surface area contributed by atoms with Gasteiger partial charge in [-0.3, -0.25) is 9.59 Å². The third-order valence-corrected chi connectivity index (χ3v) is 3.65. The summed E-state index contributed by atoms with van der Waals surface area (Å²) in [6, 6.07) is 5.57. The number of carbonyl (C=O) groups excluding carboxylic acids is 2. The van der Waals surface area contributed by atoms with Gasteiger partial charge in [-0.15, -0.1) is 0 Å². The number of hydrogen-bond donors (Lipinski definition) is 0. The van der Waals surface area contributed by atoms with Gasteiger partial charge in [0.15, 0.2) is 11.5 Å². The molecule has 1 aromatic rings. The largest absolute Gasteiger partial charge is 0.493 e. The SMILES string of the molecule is CCOc1cc(CN2CC(C(=O)OC)CC2=O)ccc1OC. The van der Waals surface area contributed by atoms with Crippen molar-refractivity contribution in [1.29, 1.82) is 0 Å². The Labute approximate surface area is 129 Å². The third-order valence-electron chi connectivity index (χ3n) is 3.65. The highest BCUT2D eigenvalue weighted by molar-refractivity contribution is 5.86. The highest BCUT2D eigenvalue weighted by Crippen LogP contribution is 2.29. The molecule has 1 aliphatic rings. The molecule has 0 spiro atoms. The number of nitrogens with zero attached hydrogens (tertiary/aromatic N) is 1. The summed E-state index contributed by atoms with van der Waals surface area (Å²) in [5, 5.41) is 0. The van der Waals surface area contributed by atoms with Crippen LogP contribution in [0.2, 0.25) is 0 Å². The lowest BCUT2D eigenvalue weighted by Crippen LogP contribution is -2.26. The van der Waals surface area contributed by atoms with Crippen molar-refractivity contribution in [1.82, 2.24) is 4.90 Å². The first kappa shape index (κ1) is 16.1. The van der Waals surface area contributed by atoms with E-state index in [1.165, 1.54) is 7.11 Å². The Hall–Kier alpha value is -2.24. The maximum Gasteiger partial charge on any atom is 0.310 e. The highest BCUT2D eigenvalue weighted by atomic mass is 16.5. The van der Waals surface area contributed by atoms with E-state index in [1.807, 2.05) is 25.1 Å². The number of esters is 1. The second-order valence-corrected chi connectivity index (χ2v) is 5.12. The zero-order valence-electron chi connectivity index (χ0n) is 13.1. The van der Waals surface area contributed by atoms with Crippen molar-refractivity contribution in [3.05, 3.63) is 23.8 Å². The minimum atomic E-state index is -0.373. The van der Waals surface area contributed by atoms with E-state index in [-0.39, 0.29) is 24.2 Å². The van der Waals surface area contributed by atoms with Crippen LogP contribution in [0, 0.1) is 5.92 Å². The topological polar surface area (TPSA) is 65.1 Å². The predicted molar refractivity (Wildman–Crippen MR) is 79.7 cm³/mol. The molecular formula is C16H21NO5. The molecule has 1 atom stereocenters. The van der Waals surface area contributed by atoms with Gasteiger partial charge >= 0.3 is 5.97 Å². The molecule has 1 heterocycles. The van der Waals surface area contributed by atoms with Crippen molar-refractivity contribution < 1.29 is 23.8 Å². The summed E-state index contributed by atoms with van der Waals surface area (Å²) in [5.41, 5.74) is 0.933. The fourth-order valence-electron chi connectivity index (χ4n) is 2.56. The summed E-state index contributed by atoms with van der Waals surface area (Å²) < 4.78 is 15.5. The maximum atomic E-state index is 12.0. The molecule has 1 saturated heterocycles. The molecule has 6 nitrogen and oxygen atoms in total. The minimum Gasteiger partial charge on any atom is -0.493 e. The van der Waals surface area contributed by atoms with Gasteiger partial charge in [0.1, 0.15) is 0 Å². The Bertz CT molecular complexity index is 557. The van der Waals surface area contributed by atoms with Gasteiger partial charge in [0.2, 0.25) is 5.91 Å². The summed E-state index contributed by atoms with van der Waals surface area (Å²) in [4.78, 5) is 25.2. The quantitative estimate of drug-likeness (QED) is 0.747. The molecule has 1 aromatic carbocycles. The smallest absolute Gasteiger partial charge is 0.310 e. The average Bonchev–Trinajstić information content (AvgIpc) is 2.88. The normalized spacial score (nSPS) is 17.5. The van der Waals surface area contributed by atoms with Crippen LogP contribution in [0.25, 0.3) is 0 Å². The molecule has 120 valence electrons. The molecule has 0 bridgehead atoms. The number of carbonyl (C=O) groups is 2. The van der Waals surface area contributed by atoms with E-state index in [0.29, 0.717) is 31.2 Å². The van der Waals surface area contributed by atoms with E-state index in [1.54, 1.807) is 12.0 Å². The van der Waals surface area contributed by atoms with E-state index in [2.05, 4.69) is 0 Å². The number of methoxy groups -OCH3 is 2. The van der Waals surface area contributed by atoms with Gasteiger partial charge in [-0.25, -0.2) is 0 Å². The lowest BCUT2D eigenvalue weighted by Gasteiger charge is -2.18. The molecular weight excluding hydrogens is 286 g/mol. The van der Waals surface area contributed by atoms with E-state index in [0.717, 1.165) is 5.56 Å². The Balaban J connectivity index is 2.09. The third kappa shape index (κ3) is 3.50. The van der Waals surface area contributed by atoms with E-state index in [9.17, 15) is 9.59 Å². The number of ether oxygens (including phenoxy) is 3. The molecule has 1 aliphatic heterocycles. The number of rotatable bonds is 6. The molecule has 1 amide bonds. The zero-order chi connectivity index (χ0) is 16.1. The lowest BCUT2D eigenvalue weighted by molar-refractivity contribution is -0.145. The molecule has 0 aromatic heterocycles. The summed E-state index contributed by atoms with van der Waals surface area (Å²) in [7, 11) is 2.93. The zero-order valence-corrected chi connectivity index (χ0v) is 13.1. The Morgan fingerprint density at radius 1 is 1.32 bits per heavy atom. The van der Waals surface area contributed by atoms with Gasteiger partial charge < -0.3 is 19.1 Å². The fraction of sp³-hybridized carbons (Fsp3) is 0.500. The molecule has 0 N–H and O–H groups in total. The minimum absolute atomic E-state index is 0.0378. The molecule has 1 unspecified atom stereocenters. The molecule has 1 fully saturated rings. The second-order valence-electron chi connectivity index (χ2n) is 5.12. The van der Waals surface area contributed by atoms with Crippen LogP contribution < -0.4 is 9.47 Å². The van der Waals surface area contributed by atoms with E-state index < -0.39 is 0 Å². The van der Waals surface area contributed by atoms with E-state index >= 15 is 0 Å². The summed E-state index contributed by atoms with van der Waals surface area (Å²) in [6.45, 7) is 3.27. The first-order valence-corrected chi connectivity index (χ1v) is 7.24. The molecule has 2 rings (SSSR count). The first-order valence-electron chi connectivity index (χ1n) is 7.24. The number of likely N-dealkylation sites (tertiary alicyclic amines) is 1. The highest BCUT2D eigenvalue weighted by Gasteiger charge is 2.34. The molecule has 0 saturated carbocycles. The standard InChI is InChI=1S/C16H21NO5/c1-4-22-14-7-11(5-6-13(14)20-2)9-17-10-12(8-15(17)18)16(19)21-3/h5-7,12H,4,8-10H2,1-3H3. The van der Waals surface area contributed by atoms with Crippen molar-refractivity contribution in [2.75, 3.05) is 27.4 Å². The van der Waals surface area contributed by atoms with Gasteiger partial charge in [-0.05, 0) is 24.6 Å². The predicted octanol–water partition coefficient (Wildman–Crippen LogP) is 1.62. The monoisotopic (exact) mass is 307 g/mol. The Kier molecular flexibility index (Phi) is 5.25. The van der Waals surface area contributed by atoms with Gasteiger partial charge in [-0.2, -0.15) is 0 Å². The van der Waals surface area contributed by atoms with Gasteiger partial charge in [-0.1, -0.05) is 6.07 Å².